The molecule has 0 aliphatic heterocycles. The van der Waals surface area contributed by atoms with E-state index in [0.29, 0.717) is 11.3 Å². The number of fused-ring (bicyclic) bond motifs is 1. The lowest BCUT2D eigenvalue weighted by Crippen LogP contribution is -2.23. The molecular formula is C11H12N3O2-. The Morgan fingerprint density at radius 2 is 2.19 bits per heavy atom. The topological polar surface area (TPSA) is 70.8 Å². The molecule has 16 heavy (non-hydrogen) atoms. The highest BCUT2D eigenvalue weighted by molar-refractivity contribution is 5.91. The fraction of sp³-hybridized carbons (Fsp3) is 0.364. The quantitative estimate of drug-likeness (QED) is 0.743. The largest absolute Gasteiger partial charge is 0.545 e. The van der Waals surface area contributed by atoms with Gasteiger partial charge < -0.3 is 9.90 Å². The zero-order chi connectivity index (χ0) is 11.9. The van der Waals surface area contributed by atoms with Crippen molar-refractivity contribution in [3.05, 3.63) is 23.5 Å². The summed E-state index contributed by atoms with van der Waals surface area (Å²) in [5, 5.41) is 15.7. The maximum absolute atomic E-state index is 10.8. The van der Waals surface area contributed by atoms with Crippen LogP contribution in [-0.2, 0) is 0 Å². The Labute approximate surface area is 92.7 Å². The van der Waals surface area contributed by atoms with Gasteiger partial charge in [0.05, 0.1) is 12.2 Å². The van der Waals surface area contributed by atoms with Crippen molar-refractivity contribution in [3.8, 4) is 0 Å². The molecule has 0 spiro atoms. The molecule has 0 aliphatic carbocycles. The maximum Gasteiger partial charge on any atom is 0.158 e. The molecule has 0 N–H and O–H groups in total. The highest BCUT2D eigenvalue weighted by Gasteiger charge is 2.10. The van der Waals surface area contributed by atoms with Gasteiger partial charge in [-0.25, -0.2) is 9.67 Å². The third kappa shape index (κ3) is 1.54. The molecule has 2 rings (SSSR count). The molecule has 0 aromatic carbocycles. The Bertz CT molecular complexity index is 558. The molecule has 0 bridgehead atoms. The summed E-state index contributed by atoms with van der Waals surface area (Å²) in [6.45, 7) is 5.65. The van der Waals surface area contributed by atoms with Gasteiger partial charge in [0.1, 0.15) is 0 Å². The maximum atomic E-state index is 10.8. The summed E-state index contributed by atoms with van der Waals surface area (Å²) in [6, 6.07) is 1.75. The molecule has 0 fully saturated rings. The molecule has 0 unspecified atom stereocenters. The second kappa shape index (κ2) is 3.59. The van der Waals surface area contributed by atoms with Crippen LogP contribution in [-0.4, -0.2) is 20.7 Å². The Morgan fingerprint density at radius 3 is 2.75 bits per heavy atom. The number of carboxylic acid groups (broad SMARTS) is 1. The summed E-state index contributed by atoms with van der Waals surface area (Å²) < 4.78 is 1.77. The highest BCUT2D eigenvalue weighted by atomic mass is 16.4. The Balaban J connectivity index is 2.71. The number of carbonyl (C=O) groups is 1. The monoisotopic (exact) mass is 218 g/mol. The van der Waals surface area contributed by atoms with E-state index in [1.807, 2.05) is 13.8 Å². The number of hydrogen-bond donors (Lipinski definition) is 0. The third-order valence-electron chi connectivity index (χ3n) is 2.47. The second-order valence-corrected chi connectivity index (χ2v) is 4.00. The van der Waals surface area contributed by atoms with E-state index in [1.54, 1.807) is 23.9 Å². The van der Waals surface area contributed by atoms with E-state index >= 15 is 0 Å². The molecule has 0 amide bonds. The summed E-state index contributed by atoms with van der Waals surface area (Å²) in [5.41, 5.74) is 1.28. The van der Waals surface area contributed by atoms with E-state index in [4.69, 9.17) is 0 Å². The summed E-state index contributed by atoms with van der Waals surface area (Å²) in [5.74, 6) is -1.20. The number of carbonyl (C=O) groups excluding carboxylic acids is 1. The first-order chi connectivity index (χ1) is 7.50. The van der Waals surface area contributed by atoms with E-state index in [9.17, 15) is 9.90 Å². The first-order valence-electron chi connectivity index (χ1n) is 5.07. The summed E-state index contributed by atoms with van der Waals surface area (Å²) in [7, 11) is 0. The van der Waals surface area contributed by atoms with Crippen molar-refractivity contribution >= 4 is 17.0 Å². The average Bonchev–Trinajstić information content (AvgIpc) is 2.58. The van der Waals surface area contributed by atoms with Gasteiger partial charge in [0.15, 0.2) is 5.65 Å². The lowest BCUT2D eigenvalue weighted by atomic mass is 10.2. The molecule has 5 heteroatoms. The minimum Gasteiger partial charge on any atom is -0.545 e. The van der Waals surface area contributed by atoms with Crippen LogP contribution in [0, 0.1) is 6.92 Å². The molecule has 84 valence electrons. The fourth-order valence-corrected chi connectivity index (χ4v) is 1.65. The van der Waals surface area contributed by atoms with Crippen molar-refractivity contribution in [2.24, 2.45) is 0 Å². The zero-order valence-electron chi connectivity index (χ0n) is 9.39. The third-order valence-corrected chi connectivity index (χ3v) is 2.47. The van der Waals surface area contributed by atoms with Crippen molar-refractivity contribution in [1.29, 1.82) is 0 Å². The molecule has 2 aromatic rings. The molecular weight excluding hydrogens is 206 g/mol. The first kappa shape index (κ1) is 10.6. The summed E-state index contributed by atoms with van der Waals surface area (Å²) >= 11 is 0. The predicted octanol–water partition coefficient (Wildman–Crippen LogP) is 0.684. The van der Waals surface area contributed by atoms with E-state index < -0.39 is 5.97 Å². The Morgan fingerprint density at radius 1 is 1.50 bits per heavy atom. The van der Waals surface area contributed by atoms with Crippen LogP contribution in [0.5, 0.6) is 0 Å². The number of nitrogens with zero attached hydrogens (tertiary/aromatic N) is 3. The van der Waals surface area contributed by atoms with Gasteiger partial charge in [-0.05, 0) is 26.8 Å². The second-order valence-electron chi connectivity index (χ2n) is 4.00. The van der Waals surface area contributed by atoms with Gasteiger partial charge in [-0.15, -0.1) is 0 Å². The predicted molar refractivity (Wildman–Crippen MR) is 57.0 cm³/mol. The van der Waals surface area contributed by atoms with E-state index in [0.717, 1.165) is 5.39 Å². The van der Waals surface area contributed by atoms with Crippen LogP contribution in [0.1, 0.15) is 35.9 Å². The van der Waals surface area contributed by atoms with E-state index in [1.165, 1.54) is 0 Å². The van der Waals surface area contributed by atoms with Crippen LogP contribution >= 0.6 is 0 Å². The van der Waals surface area contributed by atoms with E-state index in [-0.39, 0.29) is 11.6 Å². The van der Waals surface area contributed by atoms with Crippen LogP contribution in [0.4, 0.5) is 0 Å². The van der Waals surface area contributed by atoms with Crippen molar-refractivity contribution in [3.63, 3.8) is 0 Å². The number of hydrogen-bond acceptors (Lipinski definition) is 4. The molecule has 0 radical (unpaired) electrons. The van der Waals surface area contributed by atoms with Crippen molar-refractivity contribution in [1.82, 2.24) is 14.8 Å². The van der Waals surface area contributed by atoms with Gasteiger partial charge in [0.2, 0.25) is 0 Å². The number of aromatic nitrogens is 3. The fourth-order valence-electron chi connectivity index (χ4n) is 1.65. The Kier molecular flexibility index (Phi) is 2.38. The number of rotatable bonds is 2. The molecule has 2 aromatic heterocycles. The van der Waals surface area contributed by atoms with Gasteiger partial charge in [-0.2, -0.15) is 5.10 Å². The van der Waals surface area contributed by atoms with E-state index in [2.05, 4.69) is 10.1 Å². The van der Waals surface area contributed by atoms with Gasteiger partial charge >= 0.3 is 0 Å². The molecule has 0 atom stereocenters. The standard InChI is InChI=1S/C11H13N3O2/c1-6(2)14-10-8(5-12-14)4-9(11(15)16)7(3)13-10/h4-6H,1-3H3,(H,15,16)/p-1. The first-order valence-corrected chi connectivity index (χ1v) is 5.07. The minimum absolute atomic E-state index is 0.121. The van der Waals surface area contributed by atoms with Gasteiger partial charge in [0.25, 0.3) is 0 Å². The smallest absolute Gasteiger partial charge is 0.158 e. The van der Waals surface area contributed by atoms with Crippen LogP contribution in [0.25, 0.3) is 11.0 Å². The Hall–Kier alpha value is -1.91. The van der Waals surface area contributed by atoms with Gasteiger partial charge in [0, 0.05) is 22.7 Å². The lowest BCUT2D eigenvalue weighted by Gasteiger charge is -2.09. The van der Waals surface area contributed by atoms with Crippen LogP contribution < -0.4 is 5.11 Å². The number of aromatic carboxylic acids is 1. The minimum atomic E-state index is -1.20. The molecule has 0 saturated heterocycles. The summed E-state index contributed by atoms with van der Waals surface area (Å²) in [4.78, 5) is 15.1. The van der Waals surface area contributed by atoms with Crippen molar-refractivity contribution < 1.29 is 9.90 Å². The van der Waals surface area contributed by atoms with Crippen LogP contribution in [0.15, 0.2) is 12.3 Å². The van der Waals surface area contributed by atoms with Crippen LogP contribution in [0.2, 0.25) is 0 Å². The lowest BCUT2D eigenvalue weighted by molar-refractivity contribution is -0.255. The summed E-state index contributed by atoms with van der Waals surface area (Å²) in [6.07, 6.45) is 1.62. The van der Waals surface area contributed by atoms with Crippen molar-refractivity contribution in [2.75, 3.05) is 0 Å². The SMILES string of the molecule is Cc1nc2c(cnn2C(C)C)cc1C(=O)[O-]. The number of pyridine rings is 1. The number of aryl methyl sites for hydroxylation is 1. The molecule has 0 saturated carbocycles. The van der Waals surface area contributed by atoms with Gasteiger partial charge in [-0.1, -0.05) is 0 Å². The number of carboxylic acids is 1. The normalized spacial score (nSPS) is 11.2. The average molecular weight is 218 g/mol. The van der Waals surface area contributed by atoms with Gasteiger partial charge in [-0.3, -0.25) is 0 Å². The molecule has 2 heterocycles. The molecule has 5 nitrogen and oxygen atoms in total. The van der Waals surface area contributed by atoms with Crippen molar-refractivity contribution in [2.45, 2.75) is 26.8 Å². The zero-order valence-corrected chi connectivity index (χ0v) is 9.39. The molecule has 0 aliphatic rings. The highest BCUT2D eigenvalue weighted by Crippen LogP contribution is 2.18. The van der Waals surface area contributed by atoms with Crippen LogP contribution in [0.3, 0.4) is 0 Å².